The van der Waals surface area contributed by atoms with Crippen LogP contribution in [0.3, 0.4) is 0 Å². The number of aromatic hydroxyl groups is 1. The van der Waals surface area contributed by atoms with Crippen LogP contribution in [0.4, 0.5) is 4.79 Å². The van der Waals surface area contributed by atoms with Crippen LogP contribution in [0.1, 0.15) is 11.3 Å². The van der Waals surface area contributed by atoms with E-state index in [4.69, 9.17) is 9.47 Å². The molecular weight excluding hydrogens is 396 g/mol. The SMILES string of the molecule is Cc1nc2cnc(-c3ccc(OCCNC(=O)OCc4ccccc4)cc3)cn2c1O. The van der Waals surface area contributed by atoms with Crippen LogP contribution in [0.5, 0.6) is 11.6 Å². The molecule has 2 aromatic carbocycles. The predicted octanol–water partition coefficient (Wildman–Crippen LogP) is 3.72. The van der Waals surface area contributed by atoms with Gasteiger partial charge in [-0.3, -0.25) is 9.38 Å². The molecule has 8 nitrogen and oxygen atoms in total. The molecule has 0 aliphatic heterocycles. The third-order valence-electron chi connectivity index (χ3n) is 4.65. The zero-order valence-electron chi connectivity index (χ0n) is 17.0. The van der Waals surface area contributed by atoms with Crippen molar-refractivity contribution < 1.29 is 19.4 Å². The minimum absolute atomic E-state index is 0.105. The van der Waals surface area contributed by atoms with Crippen molar-refractivity contribution in [3.8, 4) is 22.9 Å². The number of aromatic nitrogens is 3. The molecule has 158 valence electrons. The minimum atomic E-state index is -0.484. The molecule has 2 heterocycles. The molecule has 0 atom stereocenters. The number of rotatable bonds is 7. The van der Waals surface area contributed by atoms with Gasteiger partial charge in [-0.15, -0.1) is 0 Å². The fourth-order valence-corrected chi connectivity index (χ4v) is 3.03. The van der Waals surface area contributed by atoms with Crippen LogP contribution < -0.4 is 10.1 Å². The highest BCUT2D eigenvalue weighted by molar-refractivity contribution is 5.67. The lowest BCUT2D eigenvalue weighted by Gasteiger charge is -2.09. The fourth-order valence-electron chi connectivity index (χ4n) is 3.03. The average Bonchev–Trinajstić information content (AvgIpc) is 3.09. The number of alkyl carbamates (subject to hydrolysis) is 1. The van der Waals surface area contributed by atoms with Crippen LogP contribution in [-0.2, 0) is 11.3 Å². The van der Waals surface area contributed by atoms with E-state index in [9.17, 15) is 9.90 Å². The molecule has 0 spiro atoms. The Kier molecular flexibility index (Phi) is 5.98. The third kappa shape index (κ3) is 4.92. The lowest BCUT2D eigenvalue weighted by Crippen LogP contribution is -2.28. The van der Waals surface area contributed by atoms with Crippen LogP contribution in [0.2, 0.25) is 0 Å². The zero-order chi connectivity index (χ0) is 21.6. The number of nitrogens with one attached hydrogen (secondary N) is 1. The monoisotopic (exact) mass is 418 g/mol. The highest BCUT2D eigenvalue weighted by Crippen LogP contribution is 2.24. The number of imidazole rings is 1. The van der Waals surface area contributed by atoms with Gasteiger partial charge in [-0.25, -0.2) is 9.78 Å². The molecule has 4 rings (SSSR count). The molecule has 8 heteroatoms. The molecule has 0 radical (unpaired) electrons. The Morgan fingerprint density at radius 1 is 1.13 bits per heavy atom. The van der Waals surface area contributed by atoms with E-state index in [1.807, 2.05) is 54.6 Å². The summed E-state index contributed by atoms with van der Waals surface area (Å²) in [5, 5.41) is 12.7. The van der Waals surface area contributed by atoms with E-state index in [1.165, 1.54) is 0 Å². The van der Waals surface area contributed by atoms with Gasteiger partial charge in [0, 0.05) is 11.8 Å². The first-order chi connectivity index (χ1) is 15.1. The Morgan fingerprint density at radius 3 is 2.68 bits per heavy atom. The summed E-state index contributed by atoms with van der Waals surface area (Å²) in [6.07, 6.45) is 2.88. The molecule has 0 aliphatic carbocycles. The number of nitrogens with zero attached hydrogens (tertiary/aromatic N) is 3. The van der Waals surface area contributed by atoms with Gasteiger partial charge in [0.15, 0.2) is 5.65 Å². The Bertz CT molecular complexity index is 1170. The lowest BCUT2D eigenvalue weighted by molar-refractivity contribution is 0.137. The van der Waals surface area contributed by atoms with Gasteiger partial charge in [-0.05, 0) is 36.8 Å². The number of benzene rings is 2. The van der Waals surface area contributed by atoms with Gasteiger partial charge in [0.2, 0.25) is 5.88 Å². The van der Waals surface area contributed by atoms with Crippen molar-refractivity contribution in [2.75, 3.05) is 13.2 Å². The summed E-state index contributed by atoms with van der Waals surface area (Å²) >= 11 is 0. The van der Waals surface area contributed by atoms with Crippen molar-refractivity contribution in [3.63, 3.8) is 0 Å². The Morgan fingerprint density at radius 2 is 1.90 bits per heavy atom. The number of hydrogen-bond acceptors (Lipinski definition) is 6. The van der Waals surface area contributed by atoms with Crippen LogP contribution in [0, 0.1) is 6.92 Å². The van der Waals surface area contributed by atoms with Crippen molar-refractivity contribution in [1.29, 1.82) is 0 Å². The van der Waals surface area contributed by atoms with Gasteiger partial charge < -0.3 is 19.9 Å². The molecule has 0 aliphatic rings. The number of hydrogen-bond donors (Lipinski definition) is 2. The highest BCUT2D eigenvalue weighted by atomic mass is 16.5. The summed E-state index contributed by atoms with van der Waals surface area (Å²) in [5.41, 5.74) is 3.66. The standard InChI is InChI=1S/C23H22N4O4/c1-16-22(28)27-14-20(25-13-21(27)26-16)18-7-9-19(10-8-18)30-12-11-24-23(29)31-15-17-5-3-2-4-6-17/h2-10,13-14,28H,11-12,15H2,1H3,(H,24,29). The smallest absolute Gasteiger partial charge is 0.407 e. The summed E-state index contributed by atoms with van der Waals surface area (Å²) < 4.78 is 12.4. The second-order valence-electron chi connectivity index (χ2n) is 6.88. The maximum Gasteiger partial charge on any atom is 0.407 e. The van der Waals surface area contributed by atoms with Crippen molar-refractivity contribution in [2.45, 2.75) is 13.5 Å². The zero-order valence-corrected chi connectivity index (χ0v) is 17.0. The quantitative estimate of drug-likeness (QED) is 0.444. The summed E-state index contributed by atoms with van der Waals surface area (Å²) in [6.45, 7) is 2.61. The maximum atomic E-state index is 11.7. The summed E-state index contributed by atoms with van der Waals surface area (Å²) in [6, 6.07) is 16.9. The Hall–Kier alpha value is -4.07. The van der Waals surface area contributed by atoms with E-state index in [0.717, 1.165) is 11.1 Å². The first-order valence-electron chi connectivity index (χ1n) is 9.81. The molecule has 0 saturated heterocycles. The number of carbonyl (C=O) groups is 1. The molecule has 31 heavy (non-hydrogen) atoms. The van der Waals surface area contributed by atoms with Gasteiger partial charge in [0.1, 0.15) is 24.7 Å². The third-order valence-corrected chi connectivity index (χ3v) is 4.65. The summed E-state index contributed by atoms with van der Waals surface area (Å²) in [7, 11) is 0. The van der Waals surface area contributed by atoms with Gasteiger partial charge in [0.05, 0.1) is 18.4 Å². The first-order valence-corrected chi connectivity index (χ1v) is 9.81. The first kappa shape index (κ1) is 20.2. The number of amides is 1. The topological polar surface area (TPSA) is 98.0 Å². The van der Waals surface area contributed by atoms with E-state index in [-0.39, 0.29) is 12.5 Å². The summed E-state index contributed by atoms with van der Waals surface area (Å²) in [4.78, 5) is 20.4. The molecule has 0 unspecified atom stereocenters. The normalized spacial score (nSPS) is 10.7. The summed E-state index contributed by atoms with van der Waals surface area (Å²) in [5.74, 6) is 0.777. The molecular formula is C23H22N4O4. The second-order valence-corrected chi connectivity index (χ2v) is 6.88. The van der Waals surface area contributed by atoms with Crippen molar-refractivity contribution in [1.82, 2.24) is 19.7 Å². The fraction of sp³-hybridized carbons (Fsp3) is 0.174. The largest absolute Gasteiger partial charge is 0.493 e. The van der Waals surface area contributed by atoms with E-state index in [2.05, 4.69) is 15.3 Å². The van der Waals surface area contributed by atoms with E-state index in [1.54, 1.807) is 23.7 Å². The van der Waals surface area contributed by atoms with Crippen molar-refractivity contribution in [2.24, 2.45) is 0 Å². The number of aryl methyl sites for hydroxylation is 1. The van der Waals surface area contributed by atoms with E-state index >= 15 is 0 Å². The minimum Gasteiger partial charge on any atom is -0.493 e. The van der Waals surface area contributed by atoms with E-state index < -0.39 is 6.09 Å². The van der Waals surface area contributed by atoms with Crippen LogP contribution in [-0.4, -0.2) is 38.7 Å². The second kappa shape index (κ2) is 9.17. The van der Waals surface area contributed by atoms with Gasteiger partial charge in [-0.1, -0.05) is 30.3 Å². The van der Waals surface area contributed by atoms with Crippen LogP contribution >= 0.6 is 0 Å². The lowest BCUT2D eigenvalue weighted by atomic mass is 10.1. The molecule has 0 saturated carbocycles. The van der Waals surface area contributed by atoms with Gasteiger partial charge in [-0.2, -0.15) is 0 Å². The molecule has 2 aromatic heterocycles. The Balaban J connectivity index is 1.25. The molecule has 0 fully saturated rings. The molecule has 2 N–H and O–H groups in total. The number of ether oxygens (including phenoxy) is 2. The molecule has 0 bridgehead atoms. The maximum absolute atomic E-state index is 11.7. The Labute approximate surface area is 179 Å². The van der Waals surface area contributed by atoms with E-state index in [0.29, 0.717) is 35.9 Å². The van der Waals surface area contributed by atoms with Crippen LogP contribution in [0.25, 0.3) is 16.9 Å². The van der Waals surface area contributed by atoms with Crippen molar-refractivity contribution in [3.05, 3.63) is 78.2 Å². The number of carbonyl (C=O) groups excluding carboxylic acids is 1. The average molecular weight is 418 g/mol. The molecule has 4 aromatic rings. The van der Waals surface area contributed by atoms with Gasteiger partial charge >= 0.3 is 6.09 Å². The highest BCUT2D eigenvalue weighted by Gasteiger charge is 2.09. The van der Waals surface area contributed by atoms with Crippen LogP contribution in [0.15, 0.2) is 67.0 Å². The predicted molar refractivity (Wildman–Crippen MR) is 115 cm³/mol. The molecule has 1 amide bonds. The number of fused-ring (bicyclic) bond motifs is 1. The van der Waals surface area contributed by atoms with Gasteiger partial charge in [0.25, 0.3) is 0 Å². The van der Waals surface area contributed by atoms with Crippen molar-refractivity contribution >= 4 is 11.7 Å².